The lowest BCUT2D eigenvalue weighted by Gasteiger charge is -2.58. The second-order valence-electron chi connectivity index (χ2n) is 12.8. The maximum absolute atomic E-state index is 11.5. The summed E-state index contributed by atoms with van der Waals surface area (Å²) < 4.78 is 5.61. The van der Waals surface area contributed by atoms with Crippen molar-refractivity contribution in [3.8, 4) is 0 Å². The molecule has 4 unspecified atom stereocenters. The molecule has 3 fully saturated rings. The number of ether oxygens (including phenoxy) is 1. The molecule has 0 aliphatic heterocycles. The molecule has 8 atom stereocenters. The summed E-state index contributed by atoms with van der Waals surface area (Å²) in [6, 6.07) is 0. The number of allylic oxidation sites excluding steroid dienone is 1. The van der Waals surface area contributed by atoms with Crippen molar-refractivity contribution in [2.24, 2.45) is 46.3 Å². The van der Waals surface area contributed by atoms with Gasteiger partial charge >= 0.3 is 5.97 Å². The average molecular weight is 459 g/mol. The lowest BCUT2D eigenvalue weighted by molar-refractivity contribution is -0.148. The van der Waals surface area contributed by atoms with E-state index >= 15 is 0 Å². The van der Waals surface area contributed by atoms with Gasteiger partial charge in [0.05, 0.1) is 0 Å². The Morgan fingerprint density at radius 3 is 2.42 bits per heavy atom. The summed E-state index contributed by atoms with van der Waals surface area (Å²) in [6.45, 7) is 18.1. The van der Waals surface area contributed by atoms with Gasteiger partial charge in [-0.05, 0) is 91.3 Å². The summed E-state index contributed by atoms with van der Waals surface area (Å²) in [6.07, 6.45) is 17.2. The molecule has 0 aromatic carbocycles. The summed E-state index contributed by atoms with van der Waals surface area (Å²) in [4.78, 5) is 11.5. The highest BCUT2D eigenvalue weighted by atomic mass is 16.5. The topological polar surface area (TPSA) is 26.3 Å². The van der Waals surface area contributed by atoms with Crippen molar-refractivity contribution in [3.05, 3.63) is 11.6 Å². The van der Waals surface area contributed by atoms with Crippen molar-refractivity contribution in [1.82, 2.24) is 0 Å². The fourth-order valence-electron chi connectivity index (χ4n) is 8.99. The molecule has 4 aliphatic carbocycles. The molecule has 3 saturated carbocycles. The number of carbonyl (C=O) groups is 1. The smallest absolute Gasteiger partial charge is 0.302 e. The molecule has 33 heavy (non-hydrogen) atoms. The van der Waals surface area contributed by atoms with E-state index in [0.29, 0.717) is 10.8 Å². The molecule has 0 heterocycles. The van der Waals surface area contributed by atoms with E-state index in [1.54, 1.807) is 12.5 Å². The first-order valence-electron chi connectivity index (χ1n) is 14.5. The van der Waals surface area contributed by atoms with E-state index in [2.05, 4.69) is 40.7 Å². The van der Waals surface area contributed by atoms with E-state index in [-0.39, 0.29) is 12.1 Å². The SMILES string of the molecule is CC.CC(=O)O[C@H]1CC[C@@]2(C)C(=CCC3C4CCC([C@H](C)CCCC(C)C)[C@@]4(C)CCC32)C1. The van der Waals surface area contributed by atoms with Gasteiger partial charge in [-0.15, -0.1) is 0 Å². The van der Waals surface area contributed by atoms with Gasteiger partial charge in [-0.2, -0.15) is 0 Å². The standard InChI is InChI=1S/C29H48O2.C2H6/c1-19(2)8-7-9-20(3)25-12-13-26-24-11-10-22-18-23(31-21(4)30)14-16-28(22,5)27(24)15-17-29(25,26)6;1-2/h10,19-20,23-27H,7-9,11-18H2,1-6H3;1-2H3/t20-,23+,24?,25?,26?,27?,28+,29-;/m1./s1. The Kier molecular flexibility index (Phi) is 8.82. The number of rotatable bonds is 6. The van der Waals surface area contributed by atoms with Gasteiger partial charge in [0.15, 0.2) is 0 Å². The molecule has 2 heteroatoms. The van der Waals surface area contributed by atoms with Crippen LogP contribution in [0.5, 0.6) is 0 Å². The predicted octanol–water partition coefficient (Wildman–Crippen LogP) is 8.99. The maximum atomic E-state index is 11.5. The maximum Gasteiger partial charge on any atom is 0.302 e. The Hall–Kier alpha value is -0.790. The number of hydrogen-bond acceptors (Lipinski definition) is 2. The van der Waals surface area contributed by atoms with Crippen molar-refractivity contribution in [1.29, 1.82) is 0 Å². The fourth-order valence-corrected chi connectivity index (χ4v) is 8.99. The van der Waals surface area contributed by atoms with Crippen LogP contribution in [0.3, 0.4) is 0 Å². The Labute approximate surface area is 205 Å². The molecule has 2 nitrogen and oxygen atoms in total. The van der Waals surface area contributed by atoms with Gasteiger partial charge in [0.25, 0.3) is 0 Å². The first-order chi connectivity index (χ1) is 15.6. The van der Waals surface area contributed by atoms with Crippen LogP contribution in [-0.4, -0.2) is 12.1 Å². The van der Waals surface area contributed by atoms with Crippen LogP contribution >= 0.6 is 0 Å². The Bertz CT molecular complexity index is 693. The van der Waals surface area contributed by atoms with Gasteiger partial charge in [-0.25, -0.2) is 0 Å². The van der Waals surface area contributed by atoms with Gasteiger partial charge in [0, 0.05) is 13.3 Å². The molecule has 0 N–H and O–H groups in total. The monoisotopic (exact) mass is 458 g/mol. The van der Waals surface area contributed by atoms with Gasteiger partial charge in [-0.1, -0.05) is 79.4 Å². The molecular weight excluding hydrogens is 404 g/mol. The van der Waals surface area contributed by atoms with E-state index in [1.807, 2.05) is 13.8 Å². The van der Waals surface area contributed by atoms with Crippen LogP contribution in [0.25, 0.3) is 0 Å². The van der Waals surface area contributed by atoms with Crippen molar-refractivity contribution >= 4 is 5.97 Å². The van der Waals surface area contributed by atoms with E-state index < -0.39 is 0 Å². The minimum Gasteiger partial charge on any atom is -0.462 e. The summed E-state index contributed by atoms with van der Waals surface area (Å²) in [5, 5.41) is 0. The average Bonchev–Trinajstić information content (AvgIpc) is 3.12. The zero-order valence-electron chi connectivity index (χ0n) is 23.2. The van der Waals surface area contributed by atoms with E-state index in [1.165, 1.54) is 57.8 Å². The largest absolute Gasteiger partial charge is 0.462 e. The van der Waals surface area contributed by atoms with Crippen molar-refractivity contribution in [2.45, 2.75) is 132 Å². The van der Waals surface area contributed by atoms with Crippen molar-refractivity contribution in [2.75, 3.05) is 0 Å². The first-order valence-corrected chi connectivity index (χ1v) is 14.5. The predicted molar refractivity (Wildman–Crippen MR) is 140 cm³/mol. The summed E-state index contributed by atoms with van der Waals surface area (Å²) in [5.74, 6) is 5.19. The van der Waals surface area contributed by atoms with E-state index in [9.17, 15) is 4.79 Å². The number of fused-ring (bicyclic) bond motifs is 5. The quantitative estimate of drug-likeness (QED) is 0.293. The third kappa shape index (κ3) is 5.25. The zero-order chi connectivity index (χ0) is 24.4. The molecule has 0 aromatic heterocycles. The Balaban J connectivity index is 0.00000149. The van der Waals surface area contributed by atoms with E-state index in [0.717, 1.165) is 48.3 Å². The summed E-state index contributed by atoms with van der Waals surface area (Å²) in [5.41, 5.74) is 2.53. The van der Waals surface area contributed by atoms with Gasteiger partial charge in [-0.3, -0.25) is 4.79 Å². The van der Waals surface area contributed by atoms with Crippen LogP contribution in [0, 0.1) is 46.3 Å². The van der Waals surface area contributed by atoms with Gasteiger partial charge in [0.1, 0.15) is 6.10 Å². The van der Waals surface area contributed by atoms with Crippen LogP contribution in [0.1, 0.15) is 126 Å². The second-order valence-corrected chi connectivity index (χ2v) is 12.8. The minimum atomic E-state index is -0.115. The molecular formula is C31H54O2. The molecule has 4 aliphatic rings. The number of hydrogen-bond donors (Lipinski definition) is 0. The van der Waals surface area contributed by atoms with E-state index in [4.69, 9.17) is 4.74 Å². The van der Waals surface area contributed by atoms with Crippen LogP contribution in [0.2, 0.25) is 0 Å². The lowest BCUT2D eigenvalue weighted by Crippen LogP contribution is -2.51. The van der Waals surface area contributed by atoms with Gasteiger partial charge < -0.3 is 4.74 Å². The normalized spacial score (nSPS) is 40.5. The number of carbonyl (C=O) groups excluding carboxylic acids is 1. The minimum absolute atomic E-state index is 0.115. The molecule has 0 radical (unpaired) electrons. The van der Waals surface area contributed by atoms with Crippen LogP contribution in [-0.2, 0) is 9.53 Å². The number of esters is 1. The summed E-state index contributed by atoms with van der Waals surface area (Å²) >= 11 is 0. The zero-order valence-corrected chi connectivity index (χ0v) is 23.2. The molecule has 0 spiro atoms. The Morgan fingerprint density at radius 1 is 1.03 bits per heavy atom. The highest BCUT2D eigenvalue weighted by Crippen LogP contribution is 2.67. The Morgan fingerprint density at radius 2 is 1.76 bits per heavy atom. The molecule has 0 aromatic rings. The molecule has 0 amide bonds. The fraction of sp³-hybridized carbons (Fsp3) is 0.903. The van der Waals surface area contributed by atoms with Crippen LogP contribution < -0.4 is 0 Å². The van der Waals surface area contributed by atoms with Gasteiger partial charge in [0.2, 0.25) is 0 Å². The van der Waals surface area contributed by atoms with Crippen LogP contribution in [0.15, 0.2) is 11.6 Å². The third-order valence-corrected chi connectivity index (χ3v) is 10.6. The van der Waals surface area contributed by atoms with Crippen molar-refractivity contribution < 1.29 is 9.53 Å². The molecule has 0 bridgehead atoms. The highest BCUT2D eigenvalue weighted by molar-refractivity contribution is 5.66. The van der Waals surface area contributed by atoms with Crippen LogP contribution in [0.4, 0.5) is 0 Å². The lowest BCUT2D eigenvalue weighted by atomic mass is 9.47. The first kappa shape index (κ1) is 26.8. The van der Waals surface area contributed by atoms with Crippen molar-refractivity contribution in [3.63, 3.8) is 0 Å². The molecule has 190 valence electrons. The second kappa shape index (κ2) is 10.9. The summed E-state index contributed by atoms with van der Waals surface area (Å²) in [7, 11) is 0. The third-order valence-electron chi connectivity index (χ3n) is 10.6. The molecule has 4 rings (SSSR count). The molecule has 0 saturated heterocycles. The highest BCUT2D eigenvalue weighted by Gasteiger charge is 2.59.